The summed E-state index contributed by atoms with van der Waals surface area (Å²) in [7, 11) is 1.63. The van der Waals surface area contributed by atoms with Crippen LogP contribution in [0.5, 0.6) is 5.75 Å². The highest BCUT2D eigenvalue weighted by Crippen LogP contribution is 2.45. The lowest BCUT2D eigenvalue weighted by Crippen LogP contribution is -2.38. The van der Waals surface area contributed by atoms with Crippen molar-refractivity contribution in [3.8, 4) is 11.8 Å². The molecule has 1 aliphatic carbocycles. The topological polar surface area (TPSA) is 74.2 Å². The van der Waals surface area contributed by atoms with Crippen LogP contribution in [0.4, 0.5) is 10.5 Å². The van der Waals surface area contributed by atoms with Crippen molar-refractivity contribution in [1.82, 2.24) is 5.32 Å². The molecule has 116 valence electrons. The predicted molar refractivity (Wildman–Crippen MR) is 87.2 cm³/mol. The van der Waals surface area contributed by atoms with Crippen LogP contribution in [0.25, 0.3) is 0 Å². The van der Waals surface area contributed by atoms with E-state index in [1.807, 2.05) is 24.3 Å². The lowest BCUT2D eigenvalue weighted by molar-refractivity contribution is 0.247. The molecular formula is C18H17N3O2. The Kier molecular flexibility index (Phi) is 3.90. The summed E-state index contributed by atoms with van der Waals surface area (Å²) in [6, 6.07) is 16.4. The highest BCUT2D eigenvalue weighted by molar-refractivity contribution is 5.91. The number of nitriles is 1. The lowest BCUT2D eigenvalue weighted by Gasteiger charge is -2.19. The van der Waals surface area contributed by atoms with E-state index >= 15 is 0 Å². The number of carbonyl (C=O) groups excluding carboxylic acids is 1. The Balaban J connectivity index is 1.71. The molecule has 0 aromatic heterocycles. The quantitative estimate of drug-likeness (QED) is 0.909. The van der Waals surface area contributed by atoms with Crippen molar-refractivity contribution in [2.45, 2.75) is 18.4 Å². The van der Waals surface area contributed by atoms with Crippen LogP contribution in [-0.2, 0) is 5.54 Å². The normalized spacial score (nSPS) is 14.4. The maximum atomic E-state index is 12.3. The van der Waals surface area contributed by atoms with Gasteiger partial charge in [0.25, 0.3) is 0 Å². The molecule has 5 heteroatoms. The molecule has 1 fully saturated rings. The van der Waals surface area contributed by atoms with E-state index in [0.29, 0.717) is 11.3 Å². The molecular weight excluding hydrogens is 290 g/mol. The zero-order valence-electron chi connectivity index (χ0n) is 12.8. The maximum absolute atomic E-state index is 12.3. The van der Waals surface area contributed by atoms with Crippen LogP contribution in [0.15, 0.2) is 48.5 Å². The van der Waals surface area contributed by atoms with Gasteiger partial charge in [-0.2, -0.15) is 5.26 Å². The second kappa shape index (κ2) is 6.01. The average molecular weight is 307 g/mol. The average Bonchev–Trinajstić information content (AvgIpc) is 3.36. The molecule has 1 aliphatic rings. The molecule has 23 heavy (non-hydrogen) atoms. The van der Waals surface area contributed by atoms with E-state index < -0.39 is 0 Å². The molecule has 0 bridgehead atoms. The smallest absolute Gasteiger partial charge is 0.319 e. The van der Waals surface area contributed by atoms with Crippen molar-refractivity contribution in [2.24, 2.45) is 0 Å². The summed E-state index contributed by atoms with van der Waals surface area (Å²) in [5.74, 6) is 0.789. The number of hydrogen-bond acceptors (Lipinski definition) is 3. The fourth-order valence-electron chi connectivity index (χ4n) is 2.58. The van der Waals surface area contributed by atoms with Crippen LogP contribution >= 0.6 is 0 Å². The molecule has 0 unspecified atom stereocenters. The van der Waals surface area contributed by atoms with Gasteiger partial charge >= 0.3 is 6.03 Å². The minimum Gasteiger partial charge on any atom is -0.497 e. The predicted octanol–water partition coefficient (Wildman–Crippen LogP) is 3.38. The largest absolute Gasteiger partial charge is 0.497 e. The summed E-state index contributed by atoms with van der Waals surface area (Å²) in [5, 5.41) is 14.8. The van der Waals surface area contributed by atoms with Crippen molar-refractivity contribution in [2.75, 3.05) is 12.4 Å². The van der Waals surface area contributed by atoms with E-state index in [-0.39, 0.29) is 11.6 Å². The van der Waals surface area contributed by atoms with E-state index in [2.05, 4.69) is 16.7 Å². The lowest BCUT2D eigenvalue weighted by atomic mass is 10.1. The fraction of sp³-hybridized carbons (Fsp3) is 0.222. The summed E-state index contributed by atoms with van der Waals surface area (Å²) >= 11 is 0. The van der Waals surface area contributed by atoms with Gasteiger partial charge in [-0.05, 0) is 42.7 Å². The molecule has 3 rings (SSSR count). The van der Waals surface area contributed by atoms with Gasteiger partial charge in [-0.25, -0.2) is 4.79 Å². The van der Waals surface area contributed by atoms with Gasteiger partial charge in [0.15, 0.2) is 0 Å². The summed E-state index contributed by atoms with van der Waals surface area (Å²) in [6.07, 6.45) is 1.79. The number of methoxy groups -OCH3 is 1. The number of amides is 2. The number of hydrogen-bond donors (Lipinski definition) is 2. The van der Waals surface area contributed by atoms with Crippen molar-refractivity contribution in [3.05, 3.63) is 59.7 Å². The Hall–Kier alpha value is -3.00. The molecule has 1 saturated carbocycles. The highest BCUT2D eigenvalue weighted by atomic mass is 16.5. The van der Waals surface area contributed by atoms with Gasteiger partial charge in [-0.1, -0.05) is 24.3 Å². The fourth-order valence-corrected chi connectivity index (χ4v) is 2.58. The Morgan fingerprint density at radius 3 is 2.48 bits per heavy atom. The molecule has 2 aromatic carbocycles. The Morgan fingerprint density at radius 2 is 1.87 bits per heavy atom. The first-order chi connectivity index (χ1) is 11.2. The van der Waals surface area contributed by atoms with Crippen molar-refractivity contribution >= 4 is 11.7 Å². The zero-order chi connectivity index (χ0) is 16.3. The Bertz CT molecular complexity index is 759. The number of nitrogens with zero attached hydrogens (tertiary/aromatic N) is 1. The van der Waals surface area contributed by atoms with Crippen LogP contribution in [0, 0.1) is 11.3 Å². The molecule has 2 N–H and O–H groups in total. The van der Waals surface area contributed by atoms with Crippen LogP contribution < -0.4 is 15.4 Å². The molecule has 2 amide bonds. The van der Waals surface area contributed by atoms with Crippen LogP contribution in [0.2, 0.25) is 0 Å². The number of anilines is 1. The summed E-state index contributed by atoms with van der Waals surface area (Å²) in [4.78, 5) is 12.3. The molecule has 0 aliphatic heterocycles. The first kappa shape index (κ1) is 14.9. The number of nitrogens with one attached hydrogen (secondary N) is 2. The van der Waals surface area contributed by atoms with E-state index in [4.69, 9.17) is 10.00 Å². The summed E-state index contributed by atoms with van der Waals surface area (Å²) in [5.41, 5.74) is 1.69. The van der Waals surface area contributed by atoms with E-state index in [1.165, 1.54) is 0 Å². The van der Waals surface area contributed by atoms with E-state index in [9.17, 15) is 4.79 Å². The van der Waals surface area contributed by atoms with Gasteiger partial charge in [0.05, 0.1) is 23.9 Å². The highest BCUT2D eigenvalue weighted by Gasteiger charge is 2.45. The maximum Gasteiger partial charge on any atom is 0.319 e. The van der Waals surface area contributed by atoms with Crippen LogP contribution in [0.1, 0.15) is 24.0 Å². The minimum absolute atomic E-state index is 0.305. The third kappa shape index (κ3) is 3.11. The van der Waals surface area contributed by atoms with E-state index in [1.54, 1.807) is 31.4 Å². The minimum atomic E-state index is -0.321. The summed E-state index contributed by atoms with van der Waals surface area (Å²) < 4.78 is 5.16. The molecule has 0 atom stereocenters. The molecule has 2 aromatic rings. The monoisotopic (exact) mass is 307 g/mol. The third-order valence-corrected chi connectivity index (χ3v) is 4.04. The van der Waals surface area contributed by atoms with Gasteiger partial charge in [0, 0.05) is 0 Å². The second-order valence-electron chi connectivity index (χ2n) is 5.55. The number of urea groups is 1. The van der Waals surface area contributed by atoms with Gasteiger partial charge in [-0.15, -0.1) is 0 Å². The number of para-hydroxylation sites is 1. The molecule has 0 radical (unpaired) electrons. The number of carbonyl (C=O) groups is 1. The molecule has 0 saturated heterocycles. The molecule has 5 nitrogen and oxygen atoms in total. The number of rotatable bonds is 4. The van der Waals surface area contributed by atoms with Crippen molar-refractivity contribution < 1.29 is 9.53 Å². The van der Waals surface area contributed by atoms with Gasteiger partial charge in [0.1, 0.15) is 11.8 Å². The SMILES string of the molecule is COc1ccc(C2(NC(=O)Nc3ccccc3C#N)CC2)cc1. The third-order valence-electron chi connectivity index (χ3n) is 4.04. The first-order valence-corrected chi connectivity index (χ1v) is 7.40. The van der Waals surface area contributed by atoms with E-state index in [0.717, 1.165) is 24.2 Å². The van der Waals surface area contributed by atoms with Crippen molar-refractivity contribution in [1.29, 1.82) is 5.26 Å². The van der Waals surface area contributed by atoms with Crippen LogP contribution in [0.3, 0.4) is 0 Å². The molecule has 0 heterocycles. The van der Waals surface area contributed by atoms with Crippen molar-refractivity contribution in [3.63, 3.8) is 0 Å². The Morgan fingerprint density at radius 1 is 1.17 bits per heavy atom. The van der Waals surface area contributed by atoms with Gasteiger partial charge in [-0.3, -0.25) is 0 Å². The summed E-state index contributed by atoms with van der Waals surface area (Å²) in [6.45, 7) is 0. The van der Waals surface area contributed by atoms with Gasteiger partial charge in [0.2, 0.25) is 0 Å². The second-order valence-corrected chi connectivity index (χ2v) is 5.55. The first-order valence-electron chi connectivity index (χ1n) is 7.40. The zero-order valence-corrected chi connectivity index (χ0v) is 12.8. The number of ether oxygens (including phenoxy) is 1. The van der Waals surface area contributed by atoms with Gasteiger partial charge < -0.3 is 15.4 Å². The Labute approximate surface area is 134 Å². The molecule has 0 spiro atoms. The van der Waals surface area contributed by atoms with Crippen LogP contribution in [-0.4, -0.2) is 13.1 Å². The standard InChI is InChI=1S/C18H17N3O2/c1-23-15-8-6-14(7-9-15)18(10-11-18)21-17(22)20-16-5-3-2-4-13(16)12-19/h2-9H,10-11H2,1H3,(H2,20,21,22). The number of benzene rings is 2.